The van der Waals surface area contributed by atoms with Gasteiger partial charge in [0.25, 0.3) is 0 Å². The fourth-order valence-corrected chi connectivity index (χ4v) is 0. The van der Waals surface area contributed by atoms with Crippen LogP contribution in [0, 0.1) is 5.41 Å². The van der Waals surface area contributed by atoms with Crippen LogP contribution in [0.4, 0.5) is 0 Å². The third-order valence-corrected chi connectivity index (χ3v) is 0.270. The van der Waals surface area contributed by atoms with Gasteiger partial charge in [-0.1, -0.05) is 40.7 Å². The molecule has 0 spiro atoms. The molecule has 2 nitrogen and oxygen atoms in total. The van der Waals surface area contributed by atoms with Crippen LogP contribution in [0.15, 0.2) is 17.3 Å². The lowest BCUT2D eigenvalue weighted by atomic mass is 10.6. The van der Waals surface area contributed by atoms with Crippen molar-refractivity contribution in [3.8, 4) is 0 Å². The van der Waals surface area contributed by atoms with E-state index < -0.39 is 0 Å². The van der Waals surface area contributed by atoms with E-state index in [9.17, 15) is 0 Å². The first-order valence-electron chi connectivity index (χ1n) is 4.16. The van der Waals surface area contributed by atoms with E-state index in [0.717, 1.165) is 5.70 Å². The number of rotatable bonds is 1. The molecule has 0 fully saturated rings. The number of nitrogens with one attached hydrogen (secondary N) is 1. The smallest absolute Gasteiger partial charge is 0.0293 e. The molecule has 0 aromatic carbocycles. The van der Waals surface area contributed by atoms with E-state index in [4.69, 9.17) is 5.41 Å². The normalized spacial score (nSPS) is 5.08. The molecule has 0 radical (unpaired) electrons. The zero-order valence-corrected chi connectivity index (χ0v) is 9.28. The van der Waals surface area contributed by atoms with Crippen molar-refractivity contribution < 1.29 is 0 Å². The van der Waals surface area contributed by atoms with Gasteiger partial charge >= 0.3 is 0 Å². The molecule has 0 aliphatic heterocycles. The first-order valence-corrected chi connectivity index (χ1v) is 4.16. The Hall–Kier alpha value is -0.920. The molecule has 0 saturated heterocycles. The maximum Gasteiger partial charge on any atom is 0.0293 e. The molecule has 74 valence electrons. The van der Waals surface area contributed by atoms with Crippen molar-refractivity contribution in [2.45, 2.75) is 41.0 Å². The SMILES string of the molecule is C=N.C=NC(=C)C.CC.CCC. The molecular weight excluding hydrogens is 148 g/mol. The summed E-state index contributed by atoms with van der Waals surface area (Å²) in [7, 11) is 0. The van der Waals surface area contributed by atoms with Crippen LogP contribution < -0.4 is 0 Å². The Kier molecular flexibility index (Phi) is 93.4. The van der Waals surface area contributed by atoms with E-state index in [1.807, 2.05) is 13.8 Å². The standard InChI is InChI=1S/C4H7N.C3H8.C2H6.CH3N/c1-4(2)5-3;1-3-2;2*1-2/h1,3H2,2H3;3H2,1-2H3;1-2H3;2H,1H2. The van der Waals surface area contributed by atoms with Crippen molar-refractivity contribution in [2.75, 3.05) is 0 Å². The quantitative estimate of drug-likeness (QED) is 0.582. The van der Waals surface area contributed by atoms with Gasteiger partial charge in [0.15, 0.2) is 0 Å². The van der Waals surface area contributed by atoms with Gasteiger partial charge in [-0.25, -0.2) is 0 Å². The van der Waals surface area contributed by atoms with E-state index >= 15 is 0 Å². The molecule has 0 heterocycles. The van der Waals surface area contributed by atoms with E-state index in [2.05, 4.69) is 38.9 Å². The topological polar surface area (TPSA) is 36.2 Å². The highest BCUT2D eigenvalue weighted by Crippen LogP contribution is 1.80. The Morgan fingerprint density at radius 2 is 1.33 bits per heavy atom. The maximum absolute atomic E-state index is 5.50. The molecule has 12 heavy (non-hydrogen) atoms. The fraction of sp³-hybridized carbons (Fsp3) is 0.600. The maximum atomic E-state index is 5.50. The predicted molar refractivity (Wildman–Crippen MR) is 61.5 cm³/mol. The zero-order chi connectivity index (χ0) is 11.0. The molecule has 0 aromatic rings. The minimum atomic E-state index is 0.769. The van der Waals surface area contributed by atoms with Gasteiger partial charge in [-0.3, -0.25) is 4.99 Å². The molecule has 0 rings (SSSR count). The summed E-state index contributed by atoms with van der Waals surface area (Å²) in [6.07, 6.45) is 1.25. The van der Waals surface area contributed by atoms with Crippen molar-refractivity contribution >= 4 is 13.4 Å². The second-order valence-corrected chi connectivity index (χ2v) is 1.60. The van der Waals surface area contributed by atoms with Crippen molar-refractivity contribution in [3.05, 3.63) is 12.3 Å². The highest BCUT2D eigenvalue weighted by atomic mass is 14.7. The Morgan fingerprint density at radius 1 is 1.25 bits per heavy atom. The van der Waals surface area contributed by atoms with Crippen LogP contribution in [0.3, 0.4) is 0 Å². The Balaban J connectivity index is -0.0000000397. The van der Waals surface area contributed by atoms with E-state index in [0.29, 0.717) is 0 Å². The van der Waals surface area contributed by atoms with Gasteiger partial charge in [0.2, 0.25) is 0 Å². The van der Waals surface area contributed by atoms with Crippen LogP contribution in [0.25, 0.3) is 0 Å². The van der Waals surface area contributed by atoms with Gasteiger partial charge in [0.1, 0.15) is 0 Å². The molecule has 0 amide bonds. The fourth-order valence-electron chi connectivity index (χ4n) is 0. The lowest BCUT2D eigenvalue weighted by Crippen LogP contribution is -1.52. The summed E-state index contributed by atoms with van der Waals surface area (Å²) in [6, 6.07) is 0. The van der Waals surface area contributed by atoms with Crippen molar-refractivity contribution in [2.24, 2.45) is 4.99 Å². The first-order chi connectivity index (χ1) is 5.68. The summed E-state index contributed by atoms with van der Waals surface area (Å²) in [5.41, 5.74) is 0.769. The summed E-state index contributed by atoms with van der Waals surface area (Å²) in [5, 5.41) is 5.50. The van der Waals surface area contributed by atoms with Crippen molar-refractivity contribution in [3.63, 3.8) is 0 Å². The highest BCUT2D eigenvalue weighted by Gasteiger charge is 1.59. The second kappa shape index (κ2) is 49.9. The molecule has 0 atom stereocenters. The average Bonchev–Trinajstić information content (AvgIpc) is 2.13. The molecule has 2 heteroatoms. The van der Waals surface area contributed by atoms with E-state index in [1.54, 1.807) is 6.92 Å². The van der Waals surface area contributed by atoms with Gasteiger partial charge in [-0.05, 0) is 20.4 Å². The largest absolute Gasteiger partial charge is 0.317 e. The summed E-state index contributed by atoms with van der Waals surface area (Å²) in [6.45, 7) is 19.2. The Morgan fingerprint density at radius 3 is 1.33 bits per heavy atom. The molecule has 0 aliphatic carbocycles. The molecule has 0 saturated carbocycles. The van der Waals surface area contributed by atoms with E-state index in [-0.39, 0.29) is 0 Å². The number of hydrogen-bond donors (Lipinski definition) is 1. The summed E-state index contributed by atoms with van der Waals surface area (Å²) in [5.74, 6) is 0. The van der Waals surface area contributed by atoms with Crippen LogP contribution in [0.2, 0.25) is 0 Å². The van der Waals surface area contributed by atoms with Crippen LogP contribution in [0.1, 0.15) is 41.0 Å². The number of aliphatic imine (C=N–C) groups is 1. The first kappa shape index (κ1) is 22.5. The molecule has 0 bridgehead atoms. The van der Waals surface area contributed by atoms with Gasteiger partial charge in [0, 0.05) is 5.70 Å². The molecule has 0 aromatic heterocycles. The highest BCUT2D eigenvalue weighted by molar-refractivity contribution is 5.27. The lowest BCUT2D eigenvalue weighted by Gasteiger charge is -1.72. The van der Waals surface area contributed by atoms with Crippen LogP contribution in [0.5, 0.6) is 0 Å². The second-order valence-electron chi connectivity index (χ2n) is 1.60. The number of nitrogens with zero attached hydrogens (tertiary/aromatic N) is 1. The van der Waals surface area contributed by atoms with Gasteiger partial charge in [-0.2, -0.15) is 0 Å². The van der Waals surface area contributed by atoms with Gasteiger partial charge < -0.3 is 5.41 Å². The molecule has 0 unspecified atom stereocenters. The molecular formula is C10H24N2. The van der Waals surface area contributed by atoms with Crippen LogP contribution >= 0.6 is 0 Å². The van der Waals surface area contributed by atoms with Crippen molar-refractivity contribution in [1.82, 2.24) is 0 Å². The lowest BCUT2D eigenvalue weighted by molar-refractivity contribution is 1.09. The minimum Gasteiger partial charge on any atom is -0.317 e. The van der Waals surface area contributed by atoms with Gasteiger partial charge in [-0.15, -0.1) is 0 Å². The average molecular weight is 172 g/mol. The zero-order valence-electron chi connectivity index (χ0n) is 9.28. The number of hydrogen-bond acceptors (Lipinski definition) is 2. The summed E-state index contributed by atoms with van der Waals surface area (Å²) >= 11 is 0. The third-order valence-electron chi connectivity index (χ3n) is 0.270. The molecule has 0 aliphatic rings. The monoisotopic (exact) mass is 172 g/mol. The van der Waals surface area contributed by atoms with Gasteiger partial charge in [0.05, 0.1) is 0 Å². The Labute approximate surface area is 77.9 Å². The van der Waals surface area contributed by atoms with Crippen LogP contribution in [-0.4, -0.2) is 13.4 Å². The van der Waals surface area contributed by atoms with Crippen LogP contribution in [-0.2, 0) is 0 Å². The Bertz CT molecular complexity index is 77.9. The van der Waals surface area contributed by atoms with Crippen molar-refractivity contribution in [1.29, 1.82) is 5.41 Å². The molecule has 1 N–H and O–H groups in total. The van der Waals surface area contributed by atoms with E-state index in [1.165, 1.54) is 6.42 Å². The number of allylic oxidation sites excluding steroid dienone is 1. The minimum absolute atomic E-state index is 0.769. The predicted octanol–water partition coefficient (Wildman–Crippen LogP) is 3.93. The third kappa shape index (κ3) is 508. The summed E-state index contributed by atoms with van der Waals surface area (Å²) in [4.78, 5) is 3.44. The summed E-state index contributed by atoms with van der Waals surface area (Å²) < 4.78 is 0.